The van der Waals surface area contributed by atoms with Crippen LogP contribution in [0, 0.1) is 0 Å². The summed E-state index contributed by atoms with van der Waals surface area (Å²) in [7, 11) is 0. The average molecular weight is 311 g/mol. The van der Waals surface area contributed by atoms with Gasteiger partial charge in [-0.1, -0.05) is 18.2 Å². The van der Waals surface area contributed by atoms with Gasteiger partial charge in [0.15, 0.2) is 5.69 Å². The minimum atomic E-state index is -0.357. The van der Waals surface area contributed by atoms with Gasteiger partial charge in [0.2, 0.25) is 5.88 Å². The number of carbonyl (C=O) groups is 1. The highest BCUT2D eigenvalue weighted by atomic mass is 32.1. The van der Waals surface area contributed by atoms with Crippen molar-refractivity contribution in [2.45, 2.75) is 19.3 Å². The lowest BCUT2D eigenvalue weighted by atomic mass is 10.2. The molecule has 2 heterocycles. The Balaban J connectivity index is 1.65. The van der Waals surface area contributed by atoms with Crippen LogP contribution in [0.15, 0.2) is 40.6 Å². The molecule has 0 aliphatic heterocycles. The third kappa shape index (κ3) is 2.12. The van der Waals surface area contributed by atoms with Gasteiger partial charge in [0.1, 0.15) is 0 Å². The summed E-state index contributed by atoms with van der Waals surface area (Å²) in [6, 6.07) is 9.28. The second-order valence-electron chi connectivity index (χ2n) is 5.29. The van der Waals surface area contributed by atoms with Crippen LogP contribution in [-0.2, 0) is 12.8 Å². The number of aromatic hydroxyl groups is 1. The fraction of sp³-hybridized carbons (Fsp3) is 0.188. The van der Waals surface area contributed by atoms with Gasteiger partial charge in [-0.2, -0.15) is 0 Å². The van der Waals surface area contributed by atoms with Crippen LogP contribution in [0.3, 0.4) is 0 Å². The predicted molar refractivity (Wildman–Crippen MR) is 85.2 cm³/mol. The summed E-state index contributed by atoms with van der Waals surface area (Å²) in [6.45, 7) is 0. The second kappa shape index (κ2) is 5.06. The van der Waals surface area contributed by atoms with E-state index >= 15 is 0 Å². The van der Waals surface area contributed by atoms with E-state index in [1.807, 2.05) is 30.3 Å². The number of hydrogen-bond acceptors (Lipinski definition) is 4. The van der Waals surface area contributed by atoms with Crippen molar-refractivity contribution in [3.63, 3.8) is 0 Å². The van der Waals surface area contributed by atoms with Gasteiger partial charge in [0.05, 0.1) is 10.4 Å². The van der Waals surface area contributed by atoms with Crippen LogP contribution in [0.2, 0.25) is 0 Å². The number of amides is 1. The number of aromatic nitrogens is 1. The molecule has 1 aromatic carbocycles. The summed E-state index contributed by atoms with van der Waals surface area (Å²) in [6.07, 6.45) is 3.26. The molecule has 22 heavy (non-hydrogen) atoms. The molecule has 0 unspecified atom stereocenters. The van der Waals surface area contributed by atoms with Gasteiger partial charge >= 0.3 is 5.91 Å². The summed E-state index contributed by atoms with van der Waals surface area (Å²) in [4.78, 5) is 16.9. The molecule has 0 spiro atoms. The zero-order chi connectivity index (χ0) is 15.1. The highest BCUT2D eigenvalue weighted by Crippen LogP contribution is 2.36. The van der Waals surface area contributed by atoms with Crippen LogP contribution >= 0.6 is 11.3 Å². The first-order valence-electron chi connectivity index (χ1n) is 7.10. The number of thiophene rings is 1. The molecule has 6 heteroatoms. The number of benzene rings is 1. The van der Waals surface area contributed by atoms with Crippen molar-refractivity contribution in [2.75, 3.05) is 0 Å². The molecule has 0 bridgehead atoms. The Kier molecular flexibility index (Phi) is 3.04. The van der Waals surface area contributed by atoms with Crippen molar-refractivity contribution < 1.29 is 9.90 Å². The average Bonchev–Trinajstić information content (AvgIpc) is 3.17. The van der Waals surface area contributed by atoms with Gasteiger partial charge in [0.25, 0.3) is 0 Å². The van der Waals surface area contributed by atoms with Gasteiger partial charge < -0.3 is 10.1 Å². The molecule has 1 amide bonds. The molecule has 0 atom stereocenters. The minimum absolute atomic E-state index is 0.0774. The predicted octanol–water partition coefficient (Wildman–Crippen LogP) is 4.35. The van der Waals surface area contributed by atoms with E-state index in [0.717, 1.165) is 23.7 Å². The van der Waals surface area contributed by atoms with Gasteiger partial charge in [-0.3, -0.25) is 4.79 Å². The number of fused-ring (bicyclic) bond motifs is 2. The number of H-pyrrole nitrogens is 1. The summed E-state index contributed by atoms with van der Waals surface area (Å²) in [5.74, 6) is -0.435. The van der Waals surface area contributed by atoms with E-state index in [1.54, 1.807) is 0 Å². The van der Waals surface area contributed by atoms with Gasteiger partial charge in [-0.25, -0.2) is 0 Å². The molecule has 3 aromatic rings. The number of aromatic amines is 1. The van der Waals surface area contributed by atoms with Crippen LogP contribution in [0.4, 0.5) is 5.69 Å². The van der Waals surface area contributed by atoms with Crippen LogP contribution in [0.1, 0.15) is 26.5 Å². The Morgan fingerprint density at radius 2 is 2.14 bits per heavy atom. The Morgan fingerprint density at radius 3 is 3.00 bits per heavy atom. The first-order valence-corrected chi connectivity index (χ1v) is 7.91. The smallest absolute Gasteiger partial charge is 0.305 e. The van der Waals surface area contributed by atoms with Crippen LogP contribution in [-0.4, -0.2) is 16.0 Å². The van der Waals surface area contributed by atoms with Crippen LogP contribution < -0.4 is 0 Å². The fourth-order valence-corrected chi connectivity index (χ4v) is 3.93. The normalized spacial score (nSPS) is 14.0. The van der Waals surface area contributed by atoms with Crippen molar-refractivity contribution in [2.24, 2.45) is 10.2 Å². The topological polar surface area (TPSA) is 77.8 Å². The van der Waals surface area contributed by atoms with E-state index in [-0.39, 0.29) is 11.8 Å². The molecule has 2 N–H and O–H groups in total. The van der Waals surface area contributed by atoms with Crippen molar-refractivity contribution in [1.82, 2.24) is 4.98 Å². The largest absolute Gasteiger partial charge is 0.493 e. The number of para-hydroxylation sites is 1. The van der Waals surface area contributed by atoms with Crippen LogP contribution in [0.5, 0.6) is 5.88 Å². The molecule has 4 rings (SSSR count). The minimum Gasteiger partial charge on any atom is -0.493 e. The van der Waals surface area contributed by atoms with E-state index < -0.39 is 0 Å². The number of hydrogen-bond donors (Lipinski definition) is 2. The highest BCUT2D eigenvalue weighted by Gasteiger charge is 2.18. The van der Waals surface area contributed by atoms with Gasteiger partial charge in [-0.15, -0.1) is 21.6 Å². The van der Waals surface area contributed by atoms with E-state index in [0.29, 0.717) is 10.6 Å². The third-order valence-electron chi connectivity index (χ3n) is 3.86. The van der Waals surface area contributed by atoms with E-state index in [4.69, 9.17) is 0 Å². The molecule has 0 saturated carbocycles. The first-order chi connectivity index (χ1) is 10.7. The molecule has 0 radical (unpaired) electrons. The SMILES string of the molecule is O=C(N=Nc1c(O)[nH]c2ccccc12)c1cc2c(s1)CCC2. The second-order valence-corrected chi connectivity index (χ2v) is 6.42. The van der Waals surface area contributed by atoms with Gasteiger partial charge in [0, 0.05) is 10.3 Å². The fourth-order valence-electron chi connectivity index (χ4n) is 2.79. The number of nitrogens with one attached hydrogen (secondary N) is 1. The molecule has 5 nitrogen and oxygen atoms in total. The lowest BCUT2D eigenvalue weighted by molar-refractivity contribution is 0.0999. The molecular formula is C16H13N3O2S. The Hall–Kier alpha value is -2.47. The van der Waals surface area contributed by atoms with Crippen molar-refractivity contribution in [1.29, 1.82) is 0 Å². The Bertz CT molecular complexity index is 886. The molecule has 1 aliphatic carbocycles. The maximum absolute atomic E-state index is 12.2. The monoisotopic (exact) mass is 311 g/mol. The summed E-state index contributed by atoms with van der Waals surface area (Å²) < 4.78 is 0. The molecular weight excluding hydrogens is 298 g/mol. The molecule has 0 fully saturated rings. The summed E-state index contributed by atoms with van der Waals surface area (Å²) in [5, 5.41) is 18.4. The summed E-state index contributed by atoms with van der Waals surface area (Å²) >= 11 is 1.50. The van der Waals surface area contributed by atoms with E-state index in [9.17, 15) is 9.90 Å². The number of nitrogens with zero attached hydrogens (tertiary/aromatic N) is 2. The highest BCUT2D eigenvalue weighted by molar-refractivity contribution is 7.14. The lowest BCUT2D eigenvalue weighted by Crippen LogP contribution is -1.88. The zero-order valence-electron chi connectivity index (χ0n) is 11.7. The number of carbonyl (C=O) groups excluding carboxylic acids is 1. The summed E-state index contributed by atoms with van der Waals surface area (Å²) in [5.41, 5.74) is 2.32. The maximum Gasteiger partial charge on any atom is 0.305 e. The first kappa shape index (κ1) is 13.2. The Labute approximate surface area is 130 Å². The zero-order valence-corrected chi connectivity index (χ0v) is 12.5. The quantitative estimate of drug-likeness (QED) is 0.690. The molecule has 0 saturated heterocycles. The van der Waals surface area contributed by atoms with Crippen molar-refractivity contribution in [3.8, 4) is 5.88 Å². The Morgan fingerprint density at radius 1 is 1.27 bits per heavy atom. The van der Waals surface area contributed by atoms with Gasteiger partial charge in [-0.05, 0) is 37.0 Å². The standard InChI is InChI=1S/C16H13N3O2S/c20-15(13-8-9-4-3-7-12(9)22-13)19-18-14-10-5-1-2-6-11(10)17-16(14)21/h1-2,5-6,8,17,21H,3-4,7H2. The number of azo groups is 1. The maximum atomic E-state index is 12.2. The third-order valence-corrected chi connectivity index (χ3v) is 5.08. The van der Waals surface area contributed by atoms with Crippen molar-refractivity contribution >= 4 is 33.8 Å². The molecule has 110 valence electrons. The molecule has 1 aliphatic rings. The van der Waals surface area contributed by atoms with E-state index in [1.165, 1.54) is 28.2 Å². The lowest BCUT2D eigenvalue weighted by Gasteiger charge is -1.91. The van der Waals surface area contributed by atoms with Crippen molar-refractivity contribution in [3.05, 3.63) is 45.6 Å². The number of aryl methyl sites for hydroxylation is 2. The molecule has 2 aromatic heterocycles. The van der Waals surface area contributed by atoms with E-state index in [2.05, 4.69) is 15.2 Å². The number of rotatable bonds is 2. The van der Waals surface area contributed by atoms with Crippen LogP contribution in [0.25, 0.3) is 10.9 Å².